The largest absolute Gasteiger partial charge is 0.429 e. The molecule has 1 heterocycles. The molecule has 0 radical (unpaired) electrons. The van der Waals surface area contributed by atoms with Crippen LogP contribution in [0.3, 0.4) is 0 Å². The van der Waals surface area contributed by atoms with Crippen molar-refractivity contribution in [3.8, 4) is 16.9 Å². The number of hydrogen-bond acceptors (Lipinski definition) is 3. The smallest absolute Gasteiger partial charge is 0.426 e. The third kappa shape index (κ3) is 5.34. The number of alkyl halides is 2. The molecule has 1 aliphatic rings. The molecule has 3 aromatic rings. The first-order chi connectivity index (χ1) is 17.1. The van der Waals surface area contributed by atoms with Gasteiger partial charge in [0.15, 0.2) is 29.5 Å². The molecule has 3 nitrogen and oxygen atoms in total. The van der Waals surface area contributed by atoms with E-state index in [-0.39, 0.29) is 17.0 Å². The topological polar surface area (TPSA) is 27.7 Å². The summed E-state index contributed by atoms with van der Waals surface area (Å²) >= 11 is 0. The molecular weight excluding hydrogens is 493 g/mol. The molecule has 192 valence electrons. The van der Waals surface area contributed by atoms with E-state index in [1.54, 1.807) is 0 Å². The van der Waals surface area contributed by atoms with Crippen molar-refractivity contribution in [1.82, 2.24) is 0 Å². The van der Waals surface area contributed by atoms with Crippen molar-refractivity contribution in [2.24, 2.45) is 5.92 Å². The van der Waals surface area contributed by atoms with E-state index in [1.165, 1.54) is 6.07 Å². The molecule has 0 spiro atoms. The van der Waals surface area contributed by atoms with Crippen LogP contribution in [0.1, 0.15) is 37.2 Å². The minimum Gasteiger partial charge on any atom is -0.426 e. The quantitative estimate of drug-likeness (QED) is 0.303. The van der Waals surface area contributed by atoms with E-state index in [4.69, 9.17) is 9.47 Å². The van der Waals surface area contributed by atoms with Crippen molar-refractivity contribution in [1.29, 1.82) is 0 Å². The Hall–Kier alpha value is -3.11. The molecule has 0 saturated carbocycles. The summed E-state index contributed by atoms with van der Waals surface area (Å²) in [5.41, 5.74) is -1.77. The van der Waals surface area contributed by atoms with E-state index in [0.29, 0.717) is 31.4 Å². The zero-order valence-corrected chi connectivity index (χ0v) is 19.0. The zero-order valence-electron chi connectivity index (χ0n) is 19.0. The number of halogens is 7. The minimum atomic E-state index is -4.38. The summed E-state index contributed by atoms with van der Waals surface area (Å²) in [5.74, 6) is -8.31. The number of rotatable bonds is 7. The van der Waals surface area contributed by atoms with Crippen molar-refractivity contribution in [3.63, 3.8) is 0 Å². The monoisotopic (exact) mass is 514 g/mol. The normalized spacial score (nSPS) is 18.3. The lowest BCUT2D eigenvalue weighted by atomic mass is 10.0. The summed E-state index contributed by atoms with van der Waals surface area (Å²) in [4.78, 5) is 0. The Morgan fingerprint density at radius 1 is 0.833 bits per heavy atom. The Bertz CT molecular complexity index is 1240. The van der Waals surface area contributed by atoms with Gasteiger partial charge in [-0.15, -0.1) is 0 Å². The highest BCUT2D eigenvalue weighted by molar-refractivity contribution is 5.65. The van der Waals surface area contributed by atoms with Gasteiger partial charge in [-0.3, -0.25) is 0 Å². The lowest BCUT2D eigenvalue weighted by molar-refractivity contribution is -0.206. The van der Waals surface area contributed by atoms with E-state index >= 15 is 0 Å². The lowest BCUT2D eigenvalue weighted by Gasteiger charge is -2.29. The van der Waals surface area contributed by atoms with Crippen molar-refractivity contribution in [3.05, 3.63) is 88.7 Å². The fourth-order valence-corrected chi connectivity index (χ4v) is 3.91. The van der Waals surface area contributed by atoms with E-state index in [9.17, 15) is 30.7 Å². The maximum atomic E-state index is 14.7. The van der Waals surface area contributed by atoms with Gasteiger partial charge >= 0.3 is 6.11 Å². The molecule has 10 heteroatoms. The molecular formula is C26H21F7O3. The maximum absolute atomic E-state index is 14.7. The van der Waals surface area contributed by atoms with Crippen LogP contribution in [0.5, 0.6) is 5.75 Å². The van der Waals surface area contributed by atoms with Gasteiger partial charge in [-0.05, 0) is 48.4 Å². The van der Waals surface area contributed by atoms with Crippen LogP contribution < -0.4 is 4.74 Å². The fraction of sp³-hybridized carbons (Fsp3) is 0.308. The average molecular weight is 514 g/mol. The minimum absolute atomic E-state index is 0.176. The highest BCUT2D eigenvalue weighted by Gasteiger charge is 2.39. The van der Waals surface area contributed by atoms with Crippen molar-refractivity contribution in [2.45, 2.75) is 32.2 Å². The van der Waals surface area contributed by atoms with Gasteiger partial charge in [-0.25, -0.2) is 17.6 Å². The lowest BCUT2D eigenvalue weighted by Crippen LogP contribution is -2.27. The molecule has 1 aliphatic heterocycles. The second-order valence-corrected chi connectivity index (χ2v) is 8.38. The molecule has 1 fully saturated rings. The Morgan fingerprint density at radius 2 is 1.56 bits per heavy atom. The van der Waals surface area contributed by atoms with Gasteiger partial charge in [-0.1, -0.05) is 25.5 Å². The second-order valence-electron chi connectivity index (χ2n) is 8.38. The Kier molecular flexibility index (Phi) is 7.56. The molecule has 0 N–H and O–H groups in total. The first-order valence-electron chi connectivity index (χ1n) is 11.1. The first-order valence-corrected chi connectivity index (χ1v) is 11.1. The molecule has 1 saturated heterocycles. The Morgan fingerprint density at radius 3 is 2.19 bits per heavy atom. The van der Waals surface area contributed by atoms with Crippen LogP contribution in [0.15, 0.2) is 48.5 Å². The Labute approximate surface area is 202 Å². The van der Waals surface area contributed by atoms with Gasteiger partial charge in [-0.2, -0.15) is 13.2 Å². The van der Waals surface area contributed by atoms with Crippen LogP contribution in [0.4, 0.5) is 30.7 Å². The summed E-state index contributed by atoms with van der Waals surface area (Å²) in [5, 5.41) is 0. The van der Waals surface area contributed by atoms with Crippen molar-refractivity contribution in [2.75, 3.05) is 13.2 Å². The molecule has 0 bridgehead atoms. The van der Waals surface area contributed by atoms with Crippen LogP contribution in [0, 0.1) is 35.0 Å². The molecule has 36 heavy (non-hydrogen) atoms. The summed E-state index contributed by atoms with van der Waals surface area (Å²) in [6, 6.07) is 6.60. The van der Waals surface area contributed by atoms with Crippen LogP contribution in [0.25, 0.3) is 11.1 Å². The molecule has 0 amide bonds. The van der Waals surface area contributed by atoms with Crippen LogP contribution in [-0.2, 0) is 15.6 Å². The van der Waals surface area contributed by atoms with Crippen LogP contribution in [0.2, 0.25) is 0 Å². The second kappa shape index (κ2) is 10.5. The summed E-state index contributed by atoms with van der Waals surface area (Å²) in [6.45, 7) is 2.78. The molecule has 0 atom stereocenters. The molecule has 4 rings (SSSR count). The number of ether oxygens (including phenoxy) is 3. The maximum Gasteiger partial charge on any atom is 0.429 e. The van der Waals surface area contributed by atoms with Gasteiger partial charge in [0, 0.05) is 17.0 Å². The van der Waals surface area contributed by atoms with Crippen LogP contribution in [-0.4, -0.2) is 13.2 Å². The predicted octanol–water partition coefficient (Wildman–Crippen LogP) is 7.64. The van der Waals surface area contributed by atoms with E-state index in [2.05, 4.69) is 4.74 Å². The van der Waals surface area contributed by atoms with Gasteiger partial charge in [0.25, 0.3) is 0 Å². The van der Waals surface area contributed by atoms with E-state index < -0.39 is 58.4 Å². The van der Waals surface area contributed by atoms with Gasteiger partial charge in [0.05, 0.1) is 18.8 Å². The molecule has 0 aliphatic carbocycles. The van der Waals surface area contributed by atoms with Crippen molar-refractivity contribution >= 4 is 0 Å². The van der Waals surface area contributed by atoms with E-state index in [0.717, 1.165) is 37.1 Å². The highest BCUT2D eigenvalue weighted by Crippen LogP contribution is 2.38. The van der Waals surface area contributed by atoms with Gasteiger partial charge in [0.1, 0.15) is 5.82 Å². The first kappa shape index (κ1) is 26.0. The summed E-state index contributed by atoms with van der Waals surface area (Å²) < 4.78 is 115. The Balaban J connectivity index is 1.53. The van der Waals surface area contributed by atoms with Crippen molar-refractivity contribution < 1.29 is 44.9 Å². The standard InChI is InChI=1S/C26H21F7O3/c1-2-3-14-12-34-25(35-13-14)16-4-7-18(20(28)11-16)26(32,33)36-22-9-6-17(23(30)24(22)31)15-5-8-19(27)21(29)10-15/h4-11,14,25H,2-3,12-13H2,1H3. The molecule has 0 aromatic heterocycles. The third-order valence-corrected chi connectivity index (χ3v) is 5.76. The third-order valence-electron chi connectivity index (χ3n) is 5.76. The van der Waals surface area contributed by atoms with E-state index in [1.807, 2.05) is 6.92 Å². The van der Waals surface area contributed by atoms with Gasteiger partial charge < -0.3 is 14.2 Å². The molecule has 0 unspecified atom stereocenters. The fourth-order valence-electron chi connectivity index (χ4n) is 3.91. The van der Waals surface area contributed by atoms with Crippen LogP contribution >= 0.6 is 0 Å². The summed E-state index contributed by atoms with van der Waals surface area (Å²) in [7, 11) is 0. The highest BCUT2D eigenvalue weighted by atomic mass is 19.3. The average Bonchev–Trinajstić information content (AvgIpc) is 2.84. The summed E-state index contributed by atoms with van der Waals surface area (Å²) in [6.07, 6.45) is -3.47. The number of hydrogen-bond donors (Lipinski definition) is 0. The SMILES string of the molecule is CCCC1COC(c2ccc(C(F)(F)Oc3ccc(-c4ccc(F)c(F)c4)c(F)c3F)c(F)c2)OC1. The predicted molar refractivity (Wildman–Crippen MR) is 116 cm³/mol. The number of benzene rings is 3. The zero-order chi connectivity index (χ0) is 26.0. The molecule has 3 aromatic carbocycles. The van der Waals surface area contributed by atoms with Gasteiger partial charge in [0.2, 0.25) is 5.82 Å².